The molecule has 0 spiro atoms. The van der Waals surface area contributed by atoms with Gasteiger partial charge in [-0.3, -0.25) is 24.2 Å². The maximum Gasteiger partial charge on any atom is 0.417 e. The summed E-state index contributed by atoms with van der Waals surface area (Å²) in [7, 11) is 1.51. The summed E-state index contributed by atoms with van der Waals surface area (Å²) in [5, 5.41) is 13.4. The van der Waals surface area contributed by atoms with Gasteiger partial charge in [0.05, 0.1) is 29.8 Å². The maximum atomic E-state index is 13.8. The number of likely N-dealkylation sites (tertiary alicyclic amines) is 1. The molecule has 1 fully saturated rings. The molecule has 49 heavy (non-hydrogen) atoms. The van der Waals surface area contributed by atoms with Gasteiger partial charge in [0.1, 0.15) is 17.8 Å². The summed E-state index contributed by atoms with van der Waals surface area (Å²) in [6.07, 6.45) is -2.95. The quantitative estimate of drug-likeness (QED) is 0.260. The number of amides is 3. The molecule has 3 amide bonds. The fourth-order valence-electron chi connectivity index (χ4n) is 5.50. The normalized spacial score (nSPS) is 16.4. The van der Waals surface area contributed by atoms with Crippen LogP contribution in [0.5, 0.6) is 5.75 Å². The van der Waals surface area contributed by atoms with Crippen LogP contribution in [-0.4, -0.2) is 75.4 Å². The highest BCUT2D eigenvalue weighted by atomic mass is 19.4. The number of ether oxygens (including phenoxy) is 1. The predicted molar refractivity (Wildman–Crippen MR) is 171 cm³/mol. The number of nitrogens with zero attached hydrogens (tertiary/aromatic N) is 4. The number of halogens is 3. The van der Waals surface area contributed by atoms with Crippen LogP contribution in [0.15, 0.2) is 47.0 Å². The van der Waals surface area contributed by atoms with Crippen molar-refractivity contribution >= 4 is 23.5 Å². The average molecular weight is 687 g/mol. The number of Topliss-reactive ketones (excluding diaryl/α,β-unsaturated/α-hetero) is 1. The van der Waals surface area contributed by atoms with E-state index in [1.165, 1.54) is 18.1 Å². The summed E-state index contributed by atoms with van der Waals surface area (Å²) in [6.45, 7) is 10.5. The molecular weight excluding hydrogens is 645 g/mol. The molecule has 0 radical (unpaired) electrons. The van der Waals surface area contributed by atoms with Crippen molar-refractivity contribution in [2.24, 2.45) is 11.8 Å². The largest absolute Gasteiger partial charge is 0.497 e. The molecule has 0 saturated carbocycles. The van der Waals surface area contributed by atoms with Gasteiger partial charge < -0.3 is 24.7 Å². The first kappa shape index (κ1) is 37.0. The van der Waals surface area contributed by atoms with Gasteiger partial charge in [-0.05, 0) is 74.9 Å². The Balaban J connectivity index is 1.47. The standard InChI is InChI=1S/C34H41F3N6O6/c1-18(2)25(27(44)30-41-42-32(49-30)33(5,6)24-15-12-21(17-38-24)34(35,36)37)39-29(46)23-9-8-16-43(23)31(47)26(19(3)4)40-28(45)20-10-13-22(48-7)14-11-20/h10-15,17-19,23,25-26H,8-9,16H2,1-7H3,(H,39,46)(H,40,45)/t23-,25?,26-/m0/s1. The molecule has 15 heteroatoms. The van der Waals surface area contributed by atoms with Crippen molar-refractivity contribution in [3.05, 3.63) is 71.2 Å². The number of methoxy groups -OCH3 is 1. The number of carbonyl (C=O) groups is 4. The number of nitrogens with one attached hydrogen (secondary N) is 2. The first-order chi connectivity index (χ1) is 22.9. The molecule has 3 atom stereocenters. The molecule has 1 saturated heterocycles. The van der Waals surface area contributed by atoms with Gasteiger partial charge >= 0.3 is 6.18 Å². The zero-order chi connectivity index (χ0) is 36.3. The van der Waals surface area contributed by atoms with Gasteiger partial charge in [-0.2, -0.15) is 13.2 Å². The van der Waals surface area contributed by atoms with Gasteiger partial charge in [0.15, 0.2) is 0 Å². The minimum Gasteiger partial charge on any atom is -0.497 e. The molecule has 0 bridgehead atoms. The Morgan fingerprint density at radius 3 is 2.14 bits per heavy atom. The first-order valence-corrected chi connectivity index (χ1v) is 15.9. The van der Waals surface area contributed by atoms with Crippen LogP contribution in [-0.2, 0) is 21.2 Å². The lowest BCUT2D eigenvalue weighted by molar-refractivity contribution is -0.140. The van der Waals surface area contributed by atoms with E-state index in [-0.39, 0.29) is 17.5 Å². The zero-order valence-corrected chi connectivity index (χ0v) is 28.4. The molecule has 12 nitrogen and oxygen atoms in total. The number of rotatable bonds is 12. The Labute approximate surface area is 282 Å². The SMILES string of the molecule is COc1ccc(C(=O)N[C@H](C(=O)N2CCC[C@H]2C(=O)NC(C(=O)c2nnc(C(C)(C)c3ccc(C(F)(F)F)cn3)o2)C(C)C)C(C)C)cc1. The topological polar surface area (TPSA) is 157 Å². The second-order valence-corrected chi connectivity index (χ2v) is 13.2. The molecular formula is C34H41F3N6O6. The van der Waals surface area contributed by atoms with E-state index >= 15 is 0 Å². The number of benzene rings is 1. The van der Waals surface area contributed by atoms with Crippen LogP contribution >= 0.6 is 0 Å². The first-order valence-electron chi connectivity index (χ1n) is 15.9. The lowest BCUT2D eigenvalue weighted by Gasteiger charge is -2.31. The Morgan fingerprint density at radius 2 is 1.59 bits per heavy atom. The van der Waals surface area contributed by atoms with Gasteiger partial charge in [0.25, 0.3) is 11.8 Å². The van der Waals surface area contributed by atoms with Crippen LogP contribution in [0.3, 0.4) is 0 Å². The van der Waals surface area contributed by atoms with Crippen molar-refractivity contribution in [3.8, 4) is 5.75 Å². The summed E-state index contributed by atoms with van der Waals surface area (Å²) in [5.74, 6) is -2.66. The van der Waals surface area contributed by atoms with E-state index in [1.807, 2.05) is 0 Å². The van der Waals surface area contributed by atoms with Crippen LogP contribution in [0.4, 0.5) is 13.2 Å². The number of ketones is 1. The summed E-state index contributed by atoms with van der Waals surface area (Å²) in [4.78, 5) is 59.4. The highest BCUT2D eigenvalue weighted by molar-refractivity contribution is 6.01. The monoisotopic (exact) mass is 686 g/mol. The molecule has 3 heterocycles. The molecule has 3 aromatic rings. The fourth-order valence-corrected chi connectivity index (χ4v) is 5.50. The Bertz CT molecular complexity index is 1650. The number of aromatic nitrogens is 3. The molecule has 2 aromatic heterocycles. The second kappa shape index (κ2) is 14.7. The summed E-state index contributed by atoms with van der Waals surface area (Å²) < 4.78 is 49.9. The molecule has 2 N–H and O–H groups in total. The van der Waals surface area contributed by atoms with Gasteiger partial charge in [-0.25, -0.2) is 0 Å². The summed E-state index contributed by atoms with van der Waals surface area (Å²) in [6, 6.07) is 5.66. The van der Waals surface area contributed by atoms with Crippen molar-refractivity contribution in [1.82, 2.24) is 30.7 Å². The fraction of sp³-hybridized carbons (Fsp3) is 0.500. The Hall–Kier alpha value is -4.82. The average Bonchev–Trinajstić information content (AvgIpc) is 3.76. The second-order valence-electron chi connectivity index (χ2n) is 13.2. The summed E-state index contributed by atoms with van der Waals surface area (Å²) >= 11 is 0. The predicted octanol–water partition coefficient (Wildman–Crippen LogP) is 4.59. The number of carbonyl (C=O) groups excluding carboxylic acids is 4. The molecule has 1 aliphatic rings. The van der Waals surface area contributed by atoms with E-state index in [4.69, 9.17) is 9.15 Å². The van der Waals surface area contributed by atoms with Crippen molar-refractivity contribution in [2.45, 2.75) is 84.1 Å². The van der Waals surface area contributed by atoms with Crippen molar-refractivity contribution < 1.29 is 41.5 Å². The number of hydrogen-bond acceptors (Lipinski definition) is 9. The van der Waals surface area contributed by atoms with Crippen LogP contribution in [0.2, 0.25) is 0 Å². The molecule has 264 valence electrons. The van der Waals surface area contributed by atoms with Gasteiger partial charge in [-0.1, -0.05) is 27.7 Å². The number of pyridine rings is 1. The molecule has 4 rings (SSSR count). The van der Waals surface area contributed by atoms with Gasteiger partial charge in [-0.15, -0.1) is 10.2 Å². The third-order valence-corrected chi connectivity index (χ3v) is 8.56. The van der Waals surface area contributed by atoms with E-state index in [0.717, 1.165) is 6.07 Å². The minimum absolute atomic E-state index is 0.0547. The molecule has 1 aromatic carbocycles. The van der Waals surface area contributed by atoms with E-state index in [9.17, 15) is 32.3 Å². The zero-order valence-electron chi connectivity index (χ0n) is 28.4. The van der Waals surface area contributed by atoms with E-state index in [1.54, 1.807) is 65.8 Å². The summed E-state index contributed by atoms with van der Waals surface area (Å²) in [5.41, 5.74) is -1.50. The van der Waals surface area contributed by atoms with E-state index < -0.39 is 70.6 Å². The van der Waals surface area contributed by atoms with Crippen molar-refractivity contribution in [1.29, 1.82) is 0 Å². The van der Waals surface area contributed by atoms with Crippen LogP contribution in [0.1, 0.15) is 92.6 Å². The third-order valence-electron chi connectivity index (χ3n) is 8.56. The molecule has 0 aliphatic carbocycles. The Morgan fingerprint density at radius 1 is 0.939 bits per heavy atom. The lowest BCUT2D eigenvalue weighted by atomic mass is 9.88. The van der Waals surface area contributed by atoms with Crippen LogP contribution in [0.25, 0.3) is 0 Å². The van der Waals surface area contributed by atoms with Crippen molar-refractivity contribution in [3.63, 3.8) is 0 Å². The Kier molecular flexibility index (Phi) is 11.1. The highest BCUT2D eigenvalue weighted by Gasteiger charge is 2.41. The molecule has 1 aliphatic heterocycles. The lowest BCUT2D eigenvalue weighted by Crippen LogP contribution is -2.57. The van der Waals surface area contributed by atoms with Crippen LogP contribution in [0, 0.1) is 11.8 Å². The van der Waals surface area contributed by atoms with E-state index in [0.29, 0.717) is 36.9 Å². The van der Waals surface area contributed by atoms with E-state index in [2.05, 4.69) is 25.8 Å². The highest BCUT2D eigenvalue weighted by Crippen LogP contribution is 2.33. The number of hydrogen-bond donors (Lipinski definition) is 2. The number of alkyl halides is 3. The van der Waals surface area contributed by atoms with Crippen LogP contribution < -0.4 is 15.4 Å². The smallest absolute Gasteiger partial charge is 0.417 e. The minimum atomic E-state index is -4.55. The van der Waals surface area contributed by atoms with Gasteiger partial charge in [0.2, 0.25) is 23.5 Å². The molecule has 1 unspecified atom stereocenters. The third kappa shape index (κ3) is 8.26. The van der Waals surface area contributed by atoms with Crippen molar-refractivity contribution in [2.75, 3.05) is 13.7 Å². The maximum absolute atomic E-state index is 13.8. The van der Waals surface area contributed by atoms with Gasteiger partial charge in [0, 0.05) is 18.3 Å².